The summed E-state index contributed by atoms with van der Waals surface area (Å²) in [6.45, 7) is 3.61. The van der Waals surface area contributed by atoms with Gasteiger partial charge in [-0.1, -0.05) is 13.0 Å². The van der Waals surface area contributed by atoms with Gasteiger partial charge in [-0.05, 0) is 18.6 Å². The zero-order valence-corrected chi connectivity index (χ0v) is 13.8. The Hall–Kier alpha value is -1.60. The van der Waals surface area contributed by atoms with Crippen molar-refractivity contribution in [3.8, 4) is 5.75 Å². The Morgan fingerprint density at radius 3 is 2.68 bits per heavy atom. The van der Waals surface area contributed by atoms with E-state index in [9.17, 15) is 13.2 Å². The Morgan fingerprint density at radius 1 is 1.23 bits per heavy atom. The van der Waals surface area contributed by atoms with Crippen molar-refractivity contribution in [1.29, 1.82) is 0 Å². The molecule has 0 unspecified atom stereocenters. The predicted octanol–water partition coefficient (Wildman–Crippen LogP) is 1.33. The van der Waals surface area contributed by atoms with E-state index < -0.39 is 10.0 Å². The van der Waals surface area contributed by atoms with Crippen LogP contribution in [0.1, 0.15) is 19.8 Å². The minimum Gasteiger partial charge on any atom is -0.497 e. The molecule has 2 rings (SSSR count). The first-order valence-corrected chi connectivity index (χ1v) is 8.85. The number of carbonyl (C=O) groups excluding carboxylic acids is 1. The molecule has 1 saturated heterocycles. The van der Waals surface area contributed by atoms with Crippen LogP contribution in [0.4, 0.5) is 0 Å². The molecule has 0 spiro atoms. The highest BCUT2D eigenvalue weighted by molar-refractivity contribution is 7.89. The number of nitrogens with zero attached hydrogens (tertiary/aromatic N) is 2. The molecule has 1 aromatic rings. The van der Waals surface area contributed by atoms with Gasteiger partial charge in [0.05, 0.1) is 12.0 Å². The second kappa shape index (κ2) is 7.11. The molecule has 1 aliphatic rings. The Labute approximate surface area is 131 Å². The summed E-state index contributed by atoms with van der Waals surface area (Å²) in [5.74, 6) is 0.583. The second-order valence-electron chi connectivity index (χ2n) is 5.17. The predicted molar refractivity (Wildman–Crippen MR) is 83.2 cm³/mol. The Bertz CT molecular complexity index is 630. The van der Waals surface area contributed by atoms with Crippen LogP contribution in [0.5, 0.6) is 5.75 Å². The fourth-order valence-electron chi connectivity index (χ4n) is 2.52. The van der Waals surface area contributed by atoms with Crippen LogP contribution >= 0.6 is 0 Å². The van der Waals surface area contributed by atoms with Gasteiger partial charge in [0.2, 0.25) is 15.9 Å². The van der Waals surface area contributed by atoms with Crippen molar-refractivity contribution < 1.29 is 17.9 Å². The van der Waals surface area contributed by atoms with Crippen LogP contribution in [0.3, 0.4) is 0 Å². The topological polar surface area (TPSA) is 66.9 Å². The van der Waals surface area contributed by atoms with Gasteiger partial charge in [0.1, 0.15) is 5.75 Å². The van der Waals surface area contributed by atoms with Crippen LogP contribution in [0, 0.1) is 0 Å². The van der Waals surface area contributed by atoms with Gasteiger partial charge in [-0.15, -0.1) is 0 Å². The Balaban J connectivity index is 2.17. The molecule has 7 heteroatoms. The third-order valence-corrected chi connectivity index (χ3v) is 5.68. The Kier molecular flexibility index (Phi) is 5.42. The average Bonchev–Trinajstić information content (AvgIpc) is 2.80. The maximum atomic E-state index is 12.7. The number of benzene rings is 1. The van der Waals surface area contributed by atoms with Crippen molar-refractivity contribution in [2.75, 3.05) is 33.3 Å². The Morgan fingerprint density at radius 2 is 2.00 bits per heavy atom. The first-order valence-electron chi connectivity index (χ1n) is 7.41. The largest absolute Gasteiger partial charge is 0.497 e. The summed E-state index contributed by atoms with van der Waals surface area (Å²) in [6, 6.07) is 6.46. The lowest BCUT2D eigenvalue weighted by Crippen LogP contribution is -2.37. The lowest BCUT2D eigenvalue weighted by molar-refractivity contribution is -0.130. The lowest BCUT2D eigenvalue weighted by Gasteiger charge is -2.21. The fourth-order valence-corrected chi connectivity index (χ4v) is 4.02. The van der Waals surface area contributed by atoms with E-state index in [1.54, 1.807) is 23.1 Å². The normalized spacial score (nSPS) is 17.1. The molecular formula is C15H22N2O4S. The van der Waals surface area contributed by atoms with Crippen LogP contribution in [0.25, 0.3) is 0 Å². The summed E-state index contributed by atoms with van der Waals surface area (Å²) in [6.07, 6.45) is 1.09. The molecule has 0 aromatic heterocycles. The minimum atomic E-state index is -3.56. The van der Waals surface area contributed by atoms with E-state index >= 15 is 0 Å². The molecule has 0 N–H and O–H groups in total. The zero-order chi connectivity index (χ0) is 16.2. The van der Waals surface area contributed by atoms with Crippen LogP contribution in [0.15, 0.2) is 29.2 Å². The van der Waals surface area contributed by atoms with E-state index in [1.807, 2.05) is 6.92 Å². The fraction of sp³-hybridized carbons (Fsp3) is 0.533. The summed E-state index contributed by atoms with van der Waals surface area (Å²) in [7, 11) is -2.05. The molecule has 6 nitrogen and oxygen atoms in total. The third-order valence-electron chi connectivity index (χ3n) is 3.79. The maximum absolute atomic E-state index is 12.7. The van der Waals surface area contributed by atoms with Gasteiger partial charge in [0.15, 0.2) is 0 Å². The number of methoxy groups -OCH3 is 1. The van der Waals surface area contributed by atoms with E-state index in [4.69, 9.17) is 4.74 Å². The summed E-state index contributed by atoms with van der Waals surface area (Å²) in [4.78, 5) is 13.7. The number of carbonyl (C=O) groups is 1. The summed E-state index contributed by atoms with van der Waals surface area (Å²) >= 11 is 0. The number of ether oxygens (including phenoxy) is 1. The van der Waals surface area contributed by atoms with Gasteiger partial charge >= 0.3 is 0 Å². The number of hydrogen-bond acceptors (Lipinski definition) is 4. The minimum absolute atomic E-state index is 0.0700. The smallest absolute Gasteiger partial charge is 0.243 e. The van der Waals surface area contributed by atoms with Crippen molar-refractivity contribution in [1.82, 2.24) is 9.21 Å². The number of amides is 1. The van der Waals surface area contributed by atoms with Crippen molar-refractivity contribution >= 4 is 15.9 Å². The van der Waals surface area contributed by atoms with Crippen LogP contribution < -0.4 is 4.74 Å². The number of rotatable bonds is 4. The highest BCUT2D eigenvalue weighted by atomic mass is 32.2. The molecule has 1 amide bonds. The molecule has 0 bridgehead atoms. The molecule has 1 aromatic carbocycles. The van der Waals surface area contributed by atoms with Gasteiger partial charge in [0, 0.05) is 38.7 Å². The molecule has 22 heavy (non-hydrogen) atoms. The van der Waals surface area contributed by atoms with Crippen molar-refractivity contribution in [2.45, 2.75) is 24.7 Å². The molecule has 0 atom stereocenters. The van der Waals surface area contributed by atoms with Crippen molar-refractivity contribution in [3.05, 3.63) is 24.3 Å². The van der Waals surface area contributed by atoms with E-state index in [2.05, 4.69) is 0 Å². The number of hydrogen-bond donors (Lipinski definition) is 0. The monoisotopic (exact) mass is 326 g/mol. The van der Waals surface area contributed by atoms with Crippen LogP contribution in [-0.2, 0) is 14.8 Å². The van der Waals surface area contributed by atoms with E-state index in [-0.39, 0.29) is 10.8 Å². The summed E-state index contributed by atoms with van der Waals surface area (Å²) in [5, 5.41) is 0. The molecule has 1 aliphatic heterocycles. The molecule has 0 aliphatic carbocycles. The highest BCUT2D eigenvalue weighted by Gasteiger charge is 2.28. The molecular weight excluding hydrogens is 304 g/mol. The first-order chi connectivity index (χ1) is 10.5. The molecule has 122 valence electrons. The quantitative estimate of drug-likeness (QED) is 0.837. The third kappa shape index (κ3) is 3.59. The molecule has 1 heterocycles. The standard InChI is InChI=1S/C15H22N2O4S/c1-3-15(18)16-8-5-9-17(11-10-16)22(19,20)14-7-4-6-13(12-14)21-2/h4,6-7,12H,3,5,8-11H2,1-2H3. The van der Waals surface area contributed by atoms with Gasteiger partial charge < -0.3 is 9.64 Å². The van der Waals surface area contributed by atoms with E-state index in [1.165, 1.54) is 17.5 Å². The molecule has 0 radical (unpaired) electrons. The van der Waals surface area contributed by atoms with Crippen LogP contribution in [-0.4, -0.2) is 56.8 Å². The van der Waals surface area contributed by atoms with E-state index in [0.29, 0.717) is 44.8 Å². The molecule has 1 fully saturated rings. The van der Waals surface area contributed by atoms with Crippen molar-refractivity contribution in [2.24, 2.45) is 0 Å². The maximum Gasteiger partial charge on any atom is 0.243 e. The zero-order valence-electron chi connectivity index (χ0n) is 13.0. The molecule has 0 saturated carbocycles. The van der Waals surface area contributed by atoms with Gasteiger partial charge in [-0.3, -0.25) is 4.79 Å². The first kappa shape index (κ1) is 16.8. The summed E-state index contributed by atoms with van der Waals surface area (Å²) < 4.78 is 32.0. The van der Waals surface area contributed by atoms with Crippen LogP contribution in [0.2, 0.25) is 0 Å². The van der Waals surface area contributed by atoms with Gasteiger partial charge in [0.25, 0.3) is 0 Å². The average molecular weight is 326 g/mol. The second-order valence-corrected chi connectivity index (χ2v) is 7.11. The van der Waals surface area contributed by atoms with E-state index in [0.717, 1.165) is 0 Å². The van der Waals surface area contributed by atoms with Gasteiger partial charge in [-0.2, -0.15) is 4.31 Å². The highest BCUT2D eigenvalue weighted by Crippen LogP contribution is 2.22. The SMILES string of the molecule is CCC(=O)N1CCCN(S(=O)(=O)c2cccc(OC)c2)CC1. The van der Waals surface area contributed by atoms with Gasteiger partial charge in [-0.25, -0.2) is 8.42 Å². The number of sulfonamides is 1. The van der Waals surface area contributed by atoms with Crippen molar-refractivity contribution in [3.63, 3.8) is 0 Å². The summed E-state index contributed by atoms with van der Waals surface area (Å²) in [5.41, 5.74) is 0. The lowest BCUT2D eigenvalue weighted by atomic mass is 10.3.